The third-order valence-corrected chi connectivity index (χ3v) is 4.71. The Hall–Kier alpha value is -1.35. The summed E-state index contributed by atoms with van der Waals surface area (Å²) in [4.78, 5) is 14.0. The van der Waals surface area contributed by atoms with Crippen LogP contribution in [0.3, 0.4) is 0 Å². The summed E-state index contributed by atoms with van der Waals surface area (Å²) < 4.78 is 0. The van der Waals surface area contributed by atoms with Gasteiger partial charge in [0.2, 0.25) is 0 Å². The van der Waals surface area contributed by atoms with E-state index in [1.54, 1.807) is 0 Å². The number of carboxylic acid groups (broad SMARTS) is 1. The van der Waals surface area contributed by atoms with Gasteiger partial charge >= 0.3 is 5.97 Å². The molecule has 1 aliphatic heterocycles. The smallest absolute Gasteiger partial charge is 0.324 e. The highest BCUT2D eigenvalue weighted by Gasteiger charge is 2.46. The lowest BCUT2D eigenvalue weighted by atomic mass is 9.90. The standard InChI is InChI=1S/C18H27NO2/c1-4-10-18(17(20)21)11-5-12-19(18)13-15-6-8-16(9-7-15)14(2)3/h6-9,14H,4-5,10-13H2,1-3H3,(H,20,21). The van der Waals surface area contributed by atoms with Gasteiger partial charge in [0.25, 0.3) is 0 Å². The lowest BCUT2D eigenvalue weighted by Gasteiger charge is -2.34. The number of carboxylic acids is 1. The van der Waals surface area contributed by atoms with Crippen LogP contribution in [0.2, 0.25) is 0 Å². The van der Waals surface area contributed by atoms with Crippen LogP contribution >= 0.6 is 0 Å². The Balaban J connectivity index is 2.15. The summed E-state index contributed by atoms with van der Waals surface area (Å²) in [7, 11) is 0. The van der Waals surface area contributed by atoms with E-state index in [1.807, 2.05) is 0 Å². The first-order chi connectivity index (χ1) is 9.99. The minimum Gasteiger partial charge on any atom is -0.480 e. The second kappa shape index (κ2) is 6.61. The molecular formula is C18H27NO2. The molecule has 1 aromatic carbocycles. The molecule has 3 heteroatoms. The third-order valence-electron chi connectivity index (χ3n) is 4.71. The van der Waals surface area contributed by atoms with E-state index in [0.29, 0.717) is 5.92 Å². The molecule has 0 aromatic heterocycles. The first-order valence-electron chi connectivity index (χ1n) is 8.07. The maximum atomic E-state index is 11.8. The van der Waals surface area contributed by atoms with Crippen LogP contribution in [0.15, 0.2) is 24.3 Å². The molecule has 0 saturated carbocycles. The van der Waals surface area contributed by atoms with E-state index in [2.05, 4.69) is 49.9 Å². The number of nitrogens with zero attached hydrogens (tertiary/aromatic N) is 1. The highest BCUT2D eigenvalue weighted by molar-refractivity contribution is 5.79. The van der Waals surface area contributed by atoms with Crippen LogP contribution in [-0.2, 0) is 11.3 Å². The molecule has 1 saturated heterocycles. The van der Waals surface area contributed by atoms with Gasteiger partial charge in [0.1, 0.15) is 5.54 Å². The Bertz CT molecular complexity index is 480. The zero-order chi connectivity index (χ0) is 15.5. The predicted octanol–water partition coefficient (Wildman–Crippen LogP) is 4.03. The largest absolute Gasteiger partial charge is 0.480 e. The monoisotopic (exact) mass is 289 g/mol. The average molecular weight is 289 g/mol. The van der Waals surface area contributed by atoms with Crippen molar-refractivity contribution in [3.8, 4) is 0 Å². The quantitative estimate of drug-likeness (QED) is 0.859. The molecule has 0 spiro atoms. The van der Waals surface area contributed by atoms with Crippen LogP contribution in [0, 0.1) is 0 Å². The van der Waals surface area contributed by atoms with Crippen molar-refractivity contribution in [2.45, 2.75) is 64.5 Å². The number of hydrogen-bond donors (Lipinski definition) is 1. The lowest BCUT2D eigenvalue weighted by molar-refractivity contribution is -0.150. The Labute approximate surface area is 128 Å². The fourth-order valence-corrected chi connectivity index (χ4v) is 3.44. The van der Waals surface area contributed by atoms with Crippen molar-refractivity contribution < 1.29 is 9.90 Å². The minimum absolute atomic E-state index is 0.532. The molecule has 1 aromatic rings. The van der Waals surface area contributed by atoms with E-state index < -0.39 is 11.5 Å². The van der Waals surface area contributed by atoms with Gasteiger partial charge in [0, 0.05) is 6.54 Å². The summed E-state index contributed by atoms with van der Waals surface area (Å²) in [6.45, 7) is 8.07. The van der Waals surface area contributed by atoms with Crippen molar-refractivity contribution in [1.29, 1.82) is 0 Å². The zero-order valence-corrected chi connectivity index (χ0v) is 13.4. The second-order valence-corrected chi connectivity index (χ2v) is 6.51. The summed E-state index contributed by atoms with van der Waals surface area (Å²) in [5, 5.41) is 9.72. The molecule has 1 aliphatic rings. The summed E-state index contributed by atoms with van der Waals surface area (Å²) in [5.41, 5.74) is 1.90. The van der Waals surface area contributed by atoms with Crippen LogP contribution in [0.4, 0.5) is 0 Å². The van der Waals surface area contributed by atoms with E-state index >= 15 is 0 Å². The van der Waals surface area contributed by atoms with Gasteiger partial charge in [0.15, 0.2) is 0 Å². The number of hydrogen-bond acceptors (Lipinski definition) is 2. The number of carbonyl (C=O) groups is 1. The maximum Gasteiger partial charge on any atom is 0.324 e. The Morgan fingerprint density at radius 2 is 2.00 bits per heavy atom. The second-order valence-electron chi connectivity index (χ2n) is 6.51. The number of benzene rings is 1. The zero-order valence-electron chi connectivity index (χ0n) is 13.4. The SMILES string of the molecule is CCCC1(C(=O)O)CCCN1Cc1ccc(C(C)C)cc1. The van der Waals surface area contributed by atoms with E-state index in [0.717, 1.165) is 38.8 Å². The van der Waals surface area contributed by atoms with Crippen molar-refractivity contribution in [3.63, 3.8) is 0 Å². The molecule has 0 radical (unpaired) electrons. The highest BCUT2D eigenvalue weighted by Crippen LogP contribution is 2.35. The molecule has 1 fully saturated rings. The van der Waals surface area contributed by atoms with Crippen molar-refractivity contribution in [2.75, 3.05) is 6.54 Å². The van der Waals surface area contributed by atoms with E-state index in [4.69, 9.17) is 0 Å². The lowest BCUT2D eigenvalue weighted by Crippen LogP contribution is -2.49. The van der Waals surface area contributed by atoms with Crippen LogP contribution < -0.4 is 0 Å². The van der Waals surface area contributed by atoms with Crippen molar-refractivity contribution in [1.82, 2.24) is 4.90 Å². The minimum atomic E-state index is -0.652. The van der Waals surface area contributed by atoms with Gasteiger partial charge in [-0.05, 0) is 42.9 Å². The molecule has 0 aliphatic carbocycles. The molecule has 3 nitrogen and oxygen atoms in total. The molecular weight excluding hydrogens is 262 g/mol. The van der Waals surface area contributed by atoms with Crippen molar-refractivity contribution in [3.05, 3.63) is 35.4 Å². The van der Waals surface area contributed by atoms with Crippen molar-refractivity contribution >= 4 is 5.97 Å². The third kappa shape index (κ3) is 3.29. The van der Waals surface area contributed by atoms with Gasteiger partial charge in [0.05, 0.1) is 0 Å². The summed E-state index contributed by atoms with van der Waals surface area (Å²) in [6.07, 6.45) is 3.41. The van der Waals surface area contributed by atoms with Crippen LogP contribution in [-0.4, -0.2) is 28.1 Å². The molecule has 1 unspecified atom stereocenters. The van der Waals surface area contributed by atoms with E-state index in [-0.39, 0.29) is 0 Å². The molecule has 116 valence electrons. The summed E-state index contributed by atoms with van der Waals surface area (Å²) in [6, 6.07) is 8.62. The molecule has 2 rings (SSSR count). The summed E-state index contributed by atoms with van der Waals surface area (Å²) in [5.74, 6) is -0.121. The predicted molar refractivity (Wildman–Crippen MR) is 85.4 cm³/mol. The Morgan fingerprint density at radius 3 is 2.52 bits per heavy atom. The number of rotatable bonds is 6. The van der Waals surface area contributed by atoms with E-state index in [9.17, 15) is 9.90 Å². The Morgan fingerprint density at radius 1 is 1.33 bits per heavy atom. The molecule has 1 atom stereocenters. The van der Waals surface area contributed by atoms with Gasteiger partial charge in [-0.3, -0.25) is 9.69 Å². The normalized spacial score (nSPS) is 22.9. The molecule has 21 heavy (non-hydrogen) atoms. The fourth-order valence-electron chi connectivity index (χ4n) is 3.44. The molecule has 0 bridgehead atoms. The van der Waals surface area contributed by atoms with Crippen molar-refractivity contribution in [2.24, 2.45) is 0 Å². The topological polar surface area (TPSA) is 40.5 Å². The first kappa shape index (κ1) is 16.0. The number of aliphatic carboxylic acids is 1. The van der Waals surface area contributed by atoms with Crippen LogP contribution in [0.25, 0.3) is 0 Å². The summed E-state index contributed by atoms with van der Waals surface area (Å²) >= 11 is 0. The first-order valence-corrected chi connectivity index (χ1v) is 8.07. The fraction of sp³-hybridized carbons (Fsp3) is 0.611. The molecule has 1 N–H and O–H groups in total. The Kier molecular flexibility index (Phi) is 5.04. The molecule has 1 heterocycles. The van der Waals surface area contributed by atoms with Crippen LogP contribution in [0.5, 0.6) is 0 Å². The number of likely N-dealkylation sites (tertiary alicyclic amines) is 1. The highest BCUT2D eigenvalue weighted by atomic mass is 16.4. The maximum absolute atomic E-state index is 11.8. The van der Waals surface area contributed by atoms with E-state index in [1.165, 1.54) is 11.1 Å². The van der Waals surface area contributed by atoms with Gasteiger partial charge in [-0.2, -0.15) is 0 Å². The van der Waals surface area contributed by atoms with Gasteiger partial charge < -0.3 is 5.11 Å². The van der Waals surface area contributed by atoms with Gasteiger partial charge in [-0.1, -0.05) is 51.5 Å². The molecule has 0 amide bonds. The van der Waals surface area contributed by atoms with Gasteiger partial charge in [-0.25, -0.2) is 0 Å². The van der Waals surface area contributed by atoms with Gasteiger partial charge in [-0.15, -0.1) is 0 Å². The average Bonchev–Trinajstić information content (AvgIpc) is 2.84. The van der Waals surface area contributed by atoms with Crippen LogP contribution in [0.1, 0.15) is 63.5 Å².